The van der Waals surface area contributed by atoms with Crippen LogP contribution < -0.4 is 5.32 Å². The Kier molecular flexibility index (Phi) is 3.28. The average molecular weight is 354 g/mol. The normalized spacial score (nSPS) is 14.9. The predicted molar refractivity (Wildman–Crippen MR) is 114 cm³/mol. The molecule has 2 heterocycles. The van der Waals surface area contributed by atoms with Gasteiger partial charge < -0.3 is 4.57 Å². The first-order valence-corrected chi connectivity index (χ1v) is 12.6. The van der Waals surface area contributed by atoms with E-state index in [1.807, 2.05) is 0 Å². The molecule has 2 heteroatoms. The first-order chi connectivity index (χ1) is 12.6. The third-order valence-electron chi connectivity index (χ3n) is 5.69. The summed E-state index contributed by atoms with van der Waals surface area (Å²) in [5.41, 5.74) is 8.37. The topological polar surface area (TPSA) is 4.93 Å². The van der Waals surface area contributed by atoms with E-state index < -0.39 is 8.07 Å². The van der Waals surface area contributed by atoms with Gasteiger partial charge in [0.25, 0.3) is 0 Å². The summed E-state index contributed by atoms with van der Waals surface area (Å²) in [5.74, 6) is 0. The van der Waals surface area contributed by atoms with Gasteiger partial charge in [0.1, 0.15) is 8.07 Å². The summed E-state index contributed by atoms with van der Waals surface area (Å²) in [7, 11) is -1.63. The summed E-state index contributed by atoms with van der Waals surface area (Å²) in [6.07, 6.45) is 0. The lowest BCUT2D eigenvalue weighted by molar-refractivity contribution is 1.07. The summed E-state index contributed by atoms with van der Waals surface area (Å²) in [6, 6.07) is 28.0. The molecule has 1 nitrogen and oxygen atoms in total. The molecule has 4 aromatic rings. The SMILES string of the molecule is Cc1ccc2c(c1)C[Si](C)(C)c1c(-c3ccccc3)c3ccccc3n1-2. The second-order valence-corrected chi connectivity index (χ2v) is 12.7. The smallest absolute Gasteiger partial charge is 0.107 e. The van der Waals surface area contributed by atoms with E-state index in [4.69, 9.17) is 0 Å². The molecule has 1 aliphatic rings. The van der Waals surface area contributed by atoms with Gasteiger partial charge in [0.15, 0.2) is 0 Å². The predicted octanol–water partition coefficient (Wildman–Crippen LogP) is 5.62. The standard InChI is InChI=1S/C24H23NSi/c1-17-13-14-21-19(15-17)16-26(2,3)24-23(18-9-5-4-6-10-18)20-11-7-8-12-22(20)25(21)24/h4-15H,16H2,1-3H3. The van der Waals surface area contributed by atoms with E-state index in [1.165, 1.54) is 44.9 Å². The molecule has 0 radical (unpaired) electrons. The maximum Gasteiger partial charge on any atom is 0.107 e. The molecule has 0 amide bonds. The quantitative estimate of drug-likeness (QED) is 0.392. The minimum atomic E-state index is -1.63. The number of nitrogens with zero attached hydrogens (tertiary/aromatic N) is 1. The lowest BCUT2D eigenvalue weighted by Crippen LogP contribution is -2.51. The van der Waals surface area contributed by atoms with Crippen LogP contribution in [0.3, 0.4) is 0 Å². The minimum absolute atomic E-state index is 1.21. The zero-order valence-electron chi connectivity index (χ0n) is 15.6. The highest BCUT2D eigenvalue weighted by Crippen LogP contribution is 2.37. The molecule has 0 saturated carbocycles. The van der Waals surface area contributed by atoms with Gasteiger partial charge in [-0.05, 0) is 36.2 Å². The van der Waals surface area contributed by atoms with Crippen molar-refractivity contribution in [1.29, 1.82) is 0 Å². The maximum atomic E-state index is 2.57. The van der Waals surface area contributed by atoms with Crippen LogP contribution in [0, 0.1) is 6.92 Å². The number of aromatic nitrogens is 1. The van der Waals surface area contributed by atoms with Gasteiger partial charge in [-0.3, -0.25) is 0 Å². The molecule has 0 aliphatic carbocycles. The highest BCUT2D eigenvalue weighted by atomic mass is 28.3. The van der Waals surface area contributed by atoms with Crippen molar-refractivity contribution in [3.63, 3.8) is 0 Å². The Balaban J connectivity index is 1.97. The molecule has 1 aliphatic heterocycles. The first-order valence-electron chi connectivity index (χ1n) is 9.35. The highest BCUT2D eigenvalue weighted by molar-refractivity contribution is 6.90. The van der Waals surface area contributed by atoms with Crippen LogP contribution in [0.25, 0.3) is 27.7 Å². The van der Waals surface area contributed by atoms with Crippen LogP contribution >= 0.6 is 0 Å². The molecule has 0 N–H and O–H groups in total. The molecule has 1 aromatic heterocycles. The van der Waals surface area contributed by atoms with Gasteiger partial charge >= 0.3 is 0 Å². The molecule has 26 heavy (non-hydrogen) atoms. The molecule has 128 valence electrons. The lowest BCUT2D eigenvalue weighted by atomic mass is 10.1. The van der Waals surface area contributed by atoms with E-state index in [-0.39, 0.29) is 0 Å². The van der Waals surface area contributed by atoms with Crippen molar-refractivity contribution in [2.75, 3.05) is 0 Å². The first kappa shape index (κ1) is 15.7. The monoisotopic (exact) mass is 353 g/mol. The number of benzene rings is 3. The minimum Gasteiger partial charge on any atom is -0.317 e. The number of aryl methyl sites for hydroxylation is 1. The second-order valence-electron chi connectivity index (χ2n) is 8.14. The Hall–Kier alpha value is -2.58. The number of hydrogen-bond donors (Lipinski definition) is 0. The fraction of sp³-hybridized carbons (Fsp3) is 0.167. The van der Waals surface area contributed by atoms with Crippen molar-refractivity contribution in [2.45, 2.75) is 26.1 Å². The fourth-order valence-corrected chi connectivity index (χ4v) is 7.87. The molecular formula is C24H23NSi. The molecule has 0 fully saturated rings. The Bertz CT molecular complexity index is 1140. The molecule has 0 bridgehead atoms. The van der Waals surface area contributed by atoms with Gasteiger partial charge in [-0.25, -0.2) is 0 Å². The van der Waals surface area contributed by atoms with Crippen LogP contribution in [-0.2, 0) is 6.04 Å². The fourth-order valence-electron chi connectivity index (χ4n) is 4.66. The van der Waals surface area contributed by atoms with Crippen LogP contribution in [0.5, 0.6) is 0 Å². The van der Waals surface area contributed by atoms with Gasteiger partial charge in [-0.15, -0.1) is 0 Å². The molecule has 3 aromatic carbocycles. The van der Waals surface area contributed by atoms with E-state index in [9.17, 15) is 0 Å². The number of para-hydroxylation sites is 1. The van der Waals surface area contributed by atoms with Gasteiger partial charge in [0.05, 0.1) is 5.52 Å². The van der Waals surface area contributed by atoms with Crippen molar-refractivity contribution >= 4 is 24.3 Å². The molecular weight excluding hydrogens is 330 g/mol. The van der Waals surface area contributed by atoms with E-state index in [1.54, 1.807) is 5.32 Å². The van der Waals surface area contributed by atoms with Gasteiger partial charge in [-0.1, -0.05) is 79.3 Å². The van der Waals surface area contributed by atoms with Gasteiger partial charge in [-0.2, -0.15) is 0 Å². The van der Waals surface area contributed by atoms with Crippen molar-refractivity contribution in [1.82, 2.24) is 4.57 Å². The summed E-state index contributed by atoms with van der Waals surface area (Å²) < 4.78 is 2.57. The van der Waals surface area contributed by atoms with Crippen molar-refractivity contribution in [3.05, 3.63) is 83.9 Å². The Labute approximate surface area is 155 Å². The molecule has 5 rings (SSSR count). The number of rotatable bonds is 1. The molecule has 0 spiro atoms. The Morgan fingerprint density at radius 3 is 2.38 bits per heavy atom. The summed E-state index contributed by atoms with van der Waals surface area (Å²) in [5, 5.41) is 2.95. The van der Waals surface area contributed by atoms with Crippen LogP contribution in [0.15, 0.2) is 72.8 Å². The van der Waals surface area contributed by atoms with Crippen LogP contribution in [0.4, 0.5) is 0 Å². The number of hydrogen-bond acceptors (Lipinski definition) is 0. The Morgan fingerprint density at radius 1 is 0.846 bits per heavy atom. The van der Waals surface area contributed by atoms with E-state index in [0.29, 0.717) is 0 Å². The van der Waals surface area contributed by atoms with Gasteiger partial charge in [0, 0.05) is 22.0 Å². The molecule has 0 unspecified atom stereocenters. The third-order valence-corrected chi connectivity index (χ3v) is 8.71. The maximum absolute atomic E-state index is 2.57. The van der Waals surface area contributed by atoms with Crippen molar-refractivity contribution in [2.24, 2.45) is 0 Å². The third kappa shape index (κ3) is 2.15. The Morgan fingerprint density at radius 2 is 1.58 bits per heavy atom. The zero-order chi connectivity index (χ0) is 17.9. The average Bonchev–Trinajstić information content (AvgIpc) is 2.98. The van der Waals surface area contributed by atoms with E-state index in [0.717, 1.165) is 0 Å². The lowest BCUT2D eigenvalue weighted by Gasteiger charge is -2.33. The van der Waals surface area contributed by atoms with Crippen LogP contribution in [0.2, 0.25) is 13.1 Å². The summed E-state index contributed by atoms with van der Waals surface area (Å²) >= 11 is 0. The molecule has 0 atom stereocenters. The molecule has 0 saturated heterocycles. The van der Waals surface area contributed by atoms with Crippen LogP contribution in [-0.4, -0.2) is 12.6 Å². The van der Waals surface area contributed by atoms with Crippen molar-refractivity contribution < 1.29 is 0 Å². The highest BCUT2D eigenvalue weighted by Gasteiger charge is 2.37. The summed E-state index contributed by atoms with van der Waals surface area (Å²) in [6.45, 7) is 7.25. The van der Waals surface area contributed by atoms with E-state index in [2.05, 4.69) is 97.4 Å². The number of fused-ring (bicyclic) bond motifs is 5. The summed E-state index contributed by atoms with van der Waals surface area (Å²) in [4.78, 5) is 0. The van der Waals surface area contributed by atoms with Gasteiger partial charge in [0.2, 0.25) is 0 Å². The van der Waals surface area contributed by atoms with Crippen LogP contribution in [0.1, 0.15) is 11.1 Å². The van der Waals surface area contributed by atoms with E-state index >= 15 is 0 Å². The second kappa shape index (κ2) is 5.45. The largest absolute Gasteiger partial charge is 0.317 e. The van der Waals surface area contributed by atoms with Crippen molar-refractivity contribution in [3.8, 4) is 16.8 Å². The zero-order valence-corrected chi connectivity index (χ0v) is 16.6.